The van der Waals surface area contributed by atoms with E-state index in [0.717, 1.165) is 27.8 Å². The summed E-state index contributed by atoms with van der Waals surface area (Å²) in [4.78, 5) is 0. The van der Waals surface area contributed by atoms with E-state index in [4.69, 9.17) is 22.1 Å². The van der Waals surface area contributed by atoms with Gasteiger partial charge in [0, 0.05) is 4.47 Å². The summed E-state index contributed by atoms with van der Waals surface area (Å²) in [5.74, 6) is 1.45. The fourth-order valence-corrected chi connectivity index (χ4v) is 2.33. The molecule has 0 aliphatic rings. The highest BCUT2D eigenvalue weighted by Crippen LogP contribution is 2.33. The van der Waals surface area contributed by atoms with E-state index >= 15 is 0 Å². The summed E-state index contributed by atoms with van der Waals surface area (Å²) in [6, 6.07) is 11.7. The minimum atomic E-state index is 0.602. The van der Waals surface area contributed by atoms with Crippen molar-refractivity contribution in [1.29, 1.82) is 0 Å². The molecule has 0 heterocycles. The first-order valence-corrected chi connectivity index (χ1v) is 7.20. The summed E-state index contributed by atoms with van der Waals surface area (Å²) in [7, 11) is 0. The van der Waals surface area contributed by atoms with Gasteiger partial charge in [-0.05, 0) is 55.3 Å². The van der Waals surface area contributed by atoms with Crippen LogP contribution in [0.2, 0.25) is 5.02 Å². The maximum atomic E-state index is 6.23. The number of ether oxygens (including phenoxy) is 1. The van der Waals surface area contributed by atoms with Gasteiger partial charge in [-0.2, -0.15) is 0 Å². The van der Waals surface area contributed by atoms with Crippen molar-refractivity contribution in [3.8, 4) is 11.5 Å². The first kappa shape index (κ1) is 14.4. The minimum absolute atomic E-state index is 0.602. The third-order valence-corrected chi connectivity index (χ3v) is 3.59. The highest BCUT2D eigenvalue weighted by molar-refractivity contribution is 9.10. The fourth-order valence-electron chi connectivity index (χ4n) is 1.75. The molecule has 0 spiro atoms. The number of halogens is 2. The molecule has 2 nitrogen and oxygen atoms in total. The van der Waals surface area contributed by atoms with Crippen molar-refractivity contribution in [3.05, 3.63) is 57.0 Å². The van der Waals surface area contributed by atoms with Crippen LogP contribution in [-0.2, 0) is 6.42 Å². The van der Waals surface area contributed by atoms with Crippen LogP contribution in [0.1, 0.15) is 11.1 Å². The maximum Gasteiger partial charge on any atom is 0.146 e. The molecule has 2 aromatic carbocycles. The monoisotopic (exact) mass is 339 g/mol. The van der Waals surface area contributed by atoms with Crippen LogP contribution in [-0.4, -0.2) is 6.54 Å². The molecule has 0 aromatic heterocycles. The average Bonchev–Trinajstić information content (AvgIpc) is 2.37. The van der Waals surface area contributed by atoms with Gasteiger partial charge in [-0.1, -0.05) is 39.7 Å². The van der Waals surface area contributed by atoms with Gasteiger partial charge >= 0.3 is 0 Å². The van der Waals surface area contributed by atoms with E-state index in [1.54, 1.807) is 0 Å². The number of hydrogen-bond donors (Lipinski definition) is 1. The van der Waals surface area contributed by atoms with Gasteiger partial charge < -0.3 is 10.5 Å². The first-order chi connectivity index (χ1) is 9.10. The molecule has 0 unspecified atom stereocenters. The second kappa shape index (κ2) is 6.42. The van der Waals surface area contributed by atoms with Crippen molar-refractivity contribution < 1.29 is 4.74 Å². The highest BCUT2D eigenvalue weighted by Gasteiger charge is 2.07. The molecule has 2 N–H and O–H groups in total. The molecule has 0 atom stereocenters. The molecule has 0 amide bonds. The predicted octanol–water partition coefficient (Wildman–Crippen LogP) is 4.70. The summed E-state index contributed by atoms with van der Waals surface area (Å²) in [6.45, 7) is 2.61. The zero-order valence-corrected chi connectivity index (χ0v) is 13.0. The first-order valence-electron chi connectivity index (χ1n) is 6.02. The molecule has 0 bridgehead atoms. The average molecular weight is 341 g/mol. The van der Waals surface area contributed by atoms with Gasteiger partial charge in [0.25, 0.3) is 0 Å². The van der Waals surface area contributed by atoms with Crippen LogP contribution in [0.5, 0.6) is 11.5 Å². The van der Waals surface area contributed by atoms with Crippen LogP contribution >= 0.6 is 27.5 Å². The Bertz CT molecular complexity index is 586. The minimum Gasteiger partial charge on any atom is -0.455 e. The molecule has 100 valence electrons. The molecule has 19 heavy (non-hydrogen) atoms. The summed E-state index contributed by atoms with van der Waals surface area (Å²) < 4.78 is 6.84. The van der Waals surface area contributed by atoms with Crippen LogP contribution in [0.3, 0.4) is 0 Å². The van der Waals surface area contributed by atoms with Gasteiger partial charge in [0.05, 0.1) is 5.02 Å². The quantitative estimate of drug-likeness (QED) is 0.875. The van der Waals surface area contributed by atoms with Crippen LogP contribution < -0.4 is 10.5 Å². The zero-order chi connectivity index (χ0) is 13.8. The second-order valence-electron chi connectivity index (χ2n) is 4.32. The number of rotatable bonds is 4. The van der Waals surface area contributed by atoms with Crippen LogP contribution in [0, 0.1) is 6.92 Å². The van der Waals surface area contributed by atoms with Crippen molar-refractivity contribution in [1.82, 2.24) is 0 Å². The van der Waals surface area contributed by atoms with E-state index in [1.165, 1.54) is 0 Å². The van der Waals surface area contributed by atoms with Gasteiger partial charge in [0.15, 0.2) is 0 Å². The molecular weight excluding hydrogens is 326 g/mol. The van der Waals surface area contributed by atoms with Crippen molar-refractivity contribution in [2.24, 2.45) is 5.73 Å². The molecule has 2 aromatic rings. The van der Waals surface area contributed by atoms with Crippen molar-refractivity contribution in [2.75, 3.05) is 6.54 Å². The Morgan fingerprint density at radius 3 is 2.63 bits per heavy atom. The van der Waals surface area contributed by atoms with E-state index in [-0.39, 0.29) is 0 Å². The lowest BCUT2D eigenvalue weighted by Gasteiger charge is -2.11. The predicted molar refractivity (Wildman–Crippen MR) is 83.2 cm³/mol. The van der Waals surface area contributed by atoms with Gasteiger partial charge in [-0.15, -0.1) is 0 Å². The number of nitrogens with two attached hydrogens (primary N) is 1. The van der Waals surface area contributed by atoms with Gasteiger partial charge in [0.1, 0.15) is 11.5 Å². The Hall–Kier alpha value is -1.03. The van der Waals surface area contributed by atoms with Crippen molar-refractivity contribution in [3.63, 3.8) is 0 Å². The summed E-state index contributed by atoms with van der Waals surface area (Å²) >= 11 is 9.66. The molecule has 0 saturated heterocycles. The second-order valence-corrected chi connectivity index (χ2v) is 5.64. The molecule has 0 saturated carbocycles. The van der Waals surface area contributed by atoms with E-state index in [1.807, 2.05) is 43.3 Å². The third kappa shape index (κ3) is 3.72. The normalized spacial score (nSPS) is 10.5. The Labute approximate surface area is 126 Å². The Kier molecular flexibility index (Phi) is 4.86. The number of aryl methyl sites for hydroxylation is 1. The molecule has 4 heteroatoms. The third-order valence-electron chi connectivity index (χ3n) is 2.80. The smallest absolute Gasteiger partial charge is 0.146 e. The molecule has 0 fully saturated rings. The van der Waals surface area contributed by atoms with E-state index < -0.39 is 0 Å². The van der Waals surface area contributed by atoms with Gasteiger partial charge in [0.2, 0.25) is 0 Å². The topological polar surface area (TPSA) is 35.2 Å². The lowest BCUT2D eigenvalue weighted by atomic mass is 10.1. The number of hydrogen-bond acceptors (Lipinski definition) is 2. The maximum absolute atomic E-state index is 6.23. The molecular formula is C15H15BrClNO. The Balaban J connectivity index is 2.25. The lowest BCUT2D eigenvalue weighted by molar-refractivity contribution is 0.478. The van der Waals surface area contributed by atoms with Crippen LogP contribution in [0.15, 0.2) is 40.9 Å². The summed E-state index contributed by atoms with van der Waals surface area (Å²) in [5.41, 5.74) is 7.71. The molecule has 0 aliphatic carbocycles. The lowest BCUT2D eigenvalue weighted by Crippen LogP contribution is -2.02. The molecule has 2 rings (SSSR count). The zero-order valence-electron chi connectivity index (χ0n) is 10.6. The summed E-state index contributed by atoms with van der Waals surface area (Å²) in [5, 5.41) is 0.602. The molecule has 0 aliphatic heterocycles. The van der Waals surface area contributed by atoms with Gasteiger partial charge in [-0.25, -0.2) is 0 Å². The fraction of sp³-hybridized carbons (Fsp3) is 0.200. The van der Waals surface area contributed by atoms with Crippen molar-refractivity contribution >= 4 is 27.5 Å². The van der Waals surface area contributed by atoms with E-state index in [2.05, 4.69) is 15.9 Å². The Morgan fingerprint density at radius 2 is 1.95 bits per heavy atom. The molecule has 0 radical (unpaired) electrons. The largest absolute Gasteiger partial charge is 0.455 e. The van der Waals surface area contributed by atoms with Crippen LogP contribution in [0.4, 0.5) is 0 Å². The SMILES string of the molecule is Cc1ccc(Br)cc1Oc1ccc(CCN)cc1Cl. The van der Waals surface area contributed by atoms with E-state index in [9.17, 15) is 0 Å². The standard InChI is InChI=1S/C15H15BrClNO/c1-10-2-4-12(16)9-15(10)19-14-5-3-11(6-7-18)8-13(14)17/h2-5,8-9H,6-7,18H2,1H3. The number of benzene rings is 2. The summed E-state index contributed by atoms with van der Waals surface area (Å²) in [6.07, 6.45) is 0.815. The van der Waals surface area contributed by atoms with E-state index in [0.29, 0.717) is 17.3 Å². The van der Waals surface area contributed by atoms with Gasteiger partial charge in [-0.3, -0.25) is 0 Å². The highest BCUT2D eigenvalue weighted by atomic mass is 79.9. The Morgan fingerprint density at radius 1 is 1.16 bits per heavy atom. The van der Waals surface area contributed by atoms with Crippen LogP contribution in [0.25, 0.3) is 0 Å². The van der Waals surface area contributed by atoms with Crippen molar-refractivity contribution in [2.45, 2.75) is 13.3 Å².